The molecular formula is C23H38BrN3O3Si. The van der Waals surface area contributed by atoms with Gasteiger partial charge in [-0.15, -0.1) is 0 Å². The van der Waals surface area contributed by atoms with Gasteiger partial charge in [0.05, 0.1) is 30.2 Å². The number of benzene rings is 1. The predicted molar refractivity (Wildman–Crippen MR) is 133 cm³/mol. The van der Waals surface area contributed by atoms with E-state index in [4.69, 9.17) is 14.1 Å². The summed E-state index contributed by atoms with van der Waals surface area (Å²) in [7, 11) is -0.304. The van der Waals surface area contributed by atoms with Crippen molar-refractivity contribution < 1.29 is 14.0 Å². The monoisotopic (exact) mass is 511 g/mol. The summed E-state index contributed by atoms with van der Waals surface area (Å²) in [6.07, 6.45) is -0.536. The highest BCUT2D eigenvalue weighted by Crippen LogP contribution is 2.38. The second-order valence-electron chi connectivity index (χ2n) is 10.7. The SMILES string of the molecule is Cc1nc2cccc(Br)c2n1CC(CN(C)C(=O)OC(C)(C)C)O[Si](C)(C)C(C)(C)C. The van der Waals surface area contributed by atoms with Gasteiger partial charge in [0.2, 0.25) is 0 Å². The third-order valence-electron chi connectivity index (χ3n) is 5.74. The average molecular weight is 513 g/mol. The number of imidazole rings is 1. The first-order chi connectivity index (χ1) is 14.0. The molecule has 0 bridgehead atoms. The number of carbonyl (C=O) groups excluding carboxylic acids is 1. The van der Waals surface area contributed by atoms with Crippen LogP contribution in [0.4, 0.5) is 4.79 Å². The minimum absolute atomic E-state index is 0.0579. The summed E-state index contributed by atoms with van der Waals surface area (Å²) in [6.45, 7) is 19.8. The largest absolute Gasteiger partial charge is 0.444 e. The molecule has 2 rings (SSSR count). The van der Waals surface area contributed by atoms with Gasteiger partial charge in [-0.2, -0.15) is 0 Å². The highest BCUT2D eigenvalue weighted by atomic mass is 79.9. The van der Waals surface area contributed by atoms with Crippen LogP contribution in [0.2, 0.25) is 18.1 Å². The van der Waals surface area contributed by atoms with Gasteiger partial charge in [-0.1, -0.05) is 26.8 Å². The van der Waals surface area contributed by atoms with Crippen molar-refractivity contribution in [2.75, 3.05) is 13.6 Å². The number of aryl methyl sites for hydroxylation is 1. The summed E-state index contributed by atoms with van der Waals surface area (Å²) in [6, 6.07) is 6.03. The molecule has 0 saturated carbocycles. The molecule has 8 heteroatoms. The number of likely N-dealkylation sites (N-methyl/N-ethyl adjacent to an activating group) is 1. The molecule has 0 aliphatic carbocycles. The fourth-order valence-electron chi connectivity index (χ4n) is 3.13. The second-order valence-corrected chi connectivity index (χ2v) is 16.3. The molecule has 0 aliphatic heterocycles. The lowest BCUT2D eigenvalue weighted by atomic mass is 10.2. The zero-order valence-electron chi connectivity index (χ0n) is 20.7. The van der Waals surface area contributed by atoms with E-state index in [9.17, 15) is 4.79 Å². The molecule has 0 saturated heterocycles. The maximum absolute atomic E-state index is 12.6. The molecular weight excluding hydrogens is 474 g/mol. The van der Waals surface area contributed by atoms with Crippen molar-refractivity contribution in [1.82, 2.24) is 14.5 Å². The van der Waals surface area contributed by atoms with Gasteiger partial charge >= 0.3 is 6.09 Å². The summed E-state index contributed by atoms with van der Waals surface area (Å²) >= 11 is 3.67. The van der Waals surface area contributed by atoms with Crippen molar-refractivity contribution in [3.05, 3.63) is 28.5 Å². The molecule has 1 heterocycles. The van der Waals surface area contributed by atoms with E-state index in [0.29, 0.717) is 13.1 Å². The van der Waals surface area contributed by atoms with Crippen LogP contribution in [0.3, 0.4) is 0 Å². The Bertz CT molecular complexity index is 929. The smallest absolute Gasteiger partial charge is 0.410 e. The van der Waals surface area contributed by atoms with Crippen molar-refractivity contribution in [2.45, 2.75) is 84.8 Å². The molecule has 1 aromatic carbocycles. The van der Waals surface area contributed by atoms with Crippen LogP contribution in [-0.2, 0) is 15.7 Å². The molecule has 0 N–H and O–H groups in total. The van der Waals surface area contributed by atoms with Crippen LogP contribution in [0.15, 0.2) is 22.7 Å². The average Bonchev–Trinajstić information content (AvgIpc) is 2.88. The molecule has 174 valence electrons. The third kappa shape index (κ3) is 6.55. The van der Waals surface area contributed by atoms with Crippen LogP contribution in [0.25, 0.3) is 11.0 Å². The molecule has 0 spiro atoms. The zero-order valence-corrected chi connectivity index (χ0v) is 23.3. The van der Waals surface area contributed by atoms with Gasteiger partial charge in [0.1, 0.15) is 11.4 Å². The number of hydrogen-bond acceptors (Lipinski definition) is 4. The van der Waals surface area contributed by atoms with Crippen LogP contribution in [0, 0.1) is 6.92 Å². The van der Waals surface area contributed by atoms with Crippen molar-refractivity contribution in [3.63, 3.8) is 0 Å². The number of para-hydroxylation sites is 1. The summed E-state index contributed by atoms with van der Waals surface area (Å²) in [4.78, 5) is 19.0. The van der Waals surface area contributed by atoms with Crippen molar-refractivity contribution in [1.29, 1.82) is 0 Å². The Kier molecular flexibility index (Phi) is 7.71. The number of nitrogens with zero attached hydrogens (tertiary/aromatic N) is 3. The first kappa shape index (κ1) is 25.9. The number of aromatic nitrogens is 2. The number of carbonyl (C=O) groups is 1. The first-order valence-corrected chi connectivity index (χ1v) is 14.5. The van der Waals surface area contributed by atoms with E-state index < -0.39 is 13.9 Å². The lowest BCUT2D eigenvalue weighted by molar-refractivity contribution is 0.0204. The Hall–Kier alpha value is -1.38. The maximum atomic E-state index is 12.6. The Labute approximate surface area is 196 Å². The van der Waals surface area contributed by atoms with E-state index in [1.54, 1.807) is 11.9 Å². The Balaban J connectivity index is 2.37. The molecule has 0 fully saturated rings. The third-order valence-corrected chi connectivity index (χ3v) is 10.9. The van der Waals surface area contributed by atoms with E-state index in [-0.39, 0.29) is 17.2 Å². The van der Waals surface area contributed by atoms with Gasteiger partial charge in [-0.3, -0.25) is 0 Å². The summed E-state index contributed by atoms with van der Waals surface area (Å²) < 4.78 is 15.5. The van der Waals surface area contributed by atoms with E-state index in [2.05, 4.69) is 54.4 Å². The lowest BCUT2D eigenvalue weighted by Crippen LogP contribution is -2.49. The minimum atomic E-state index is -2.07. The summed E-state index contributed by atoms with van der Waals surface area (Å²) in [5.41, 5.74) is 1.45. The number of fused-ring (bicyclic) bond motifs is 1. The Morgan fingerprint density at radius 1 is 1.23 bits per heavy atom. The quantitative estimate of drug-likeness (QED) is 0.423. The number of amides is 1. The number of rotatable bonds is 6. The van der Waals surface area contributed by atoms with Crippen molar-refractivity contribution in [2.24, 2.45) is 0 Å². The van der Waals surface area contributed by atoms with Crippen molar-refractivity contribution in [3.8, 4) is 0 Å². The van der Waals surface area contributed by atoms with Crippen LogP contribution in [0.5, 0.6) is 0 Å². The molecule has 0 radical (unpaired) electrons. The molecule has 1 aromatic heterocycles. The fourth-order valence-corrected chi connectivity index (χ4v) is 5.04. The minimum Gasteiger partial charge on any atom is -0.444 e. The van der Waals surface area contributed by atoms with E-state index in [1.807, 2.05) is 45.9 Å². The first-order valence-electron chi connectivity index (χ1n) is 10.7. The van der Waals surface area contributed by atoms with E-state index in [0.717, 1.165) is 21.3 Å². The van der Waals surface area contributed by atoms with Crippen LogP contribution in [0.1, 0.15) is 47.4 Å². The summed E-state index contributed by atoms with van der Waals surface area (Å²) in [5, 5.41) is 0.0579. The topological polar surface area (TPSA) is 56.6 Å². The van der Waals surface area contributed by atoms with Gasteiger partial charge in [0.15, 0.2) is 8.32 Å². The molecule has 1 amide bonds. The van der Waals surface area contributed by atoms with Gasteiger partial charge in [0, 0.05) is 11.5 Å². The second kappa shape index (κ2) is 9.23. The molecule has 31 heavy (non-hydrogen) atoms. The van der Waals surface area contributed by atoms with Gasteiger partial charge in [-0.25, -0.2) is 9.78 Å². The van der Waals surface area contributed by atoms with Gasteiger partial charge < -0.3 is 18.6 Å². The Morgan fingerprint density at radius 3 is 2.39 bits per heavy atom. The van der Waals surface area contributed by atoms with Gasteiger partial charge in [-0.05, 0) is 73.9 Å². The number of halogens is 1. The fraction of sp³-hybridized carbons (Fsp3) is 0.652. The molecule has 1 unspecified atom stereocenters. The highest BCUT2D eigenvalue weighted by Gasteiger charge is 2.40. The molecule has 1 atom stereocenters. The highest BCUT2D eigenvalue weighted by molar-refractivity contribution is 9.10. The zero-order chi connectivity index (χ0) is 23.8. The molecule has 0 aliphatic rings. The van der Waals surface area contributed by atoms with E-state index in [1.165, 1.54) is 0 Å². The summed E-state index contributed by atoms with van der Waals surface area (Å²) in [5.74, 6) is 0.922. The van der Waals surface area contributed by atoms with Gasteiger partial charge in [0.25, 0.3) is 0 Å². The number of hydrogen-bond donors (Lipinski definition) is 0. The lowest BCUT2D eigenvalue weighted by Gasteiger charge is -2.40. The number of ether oxygens (including phenoxy) is 1. The molecule has 6 nitrogen and oxygen atoms in total. The van der Waals surface area contributed by atoms with Crippen LogP contribution in [-0.4, -0.2) is 54.2 Å². The molecule has 2 aromatic rings. The van der Waals surface area contributed by atoms with Crippen LogP contribution < -0.4 is 0 Å². The normalized spacial score (nSPS) is 14.0. The van der Waals surface area contributed by atoms with Crippen molar-refractivity contribution >= 4 is 41.4 Å². The Morgan fingerprint density at radius 2 is 1.84 bits per heavy atom. The van der Waals surface area contributed by atoms with E-state index >= 15 is 0 Å². The van der Waals surface area contributed by atoms with Crippen LogP contribution >= 0.6 is 15.9 Å². The standard InChI is InChI=1S/C23H38BrN3O3Si/c1-16-25-19-13-11-12-18(24)20(19)27(16)15-17(30-31(9,10)23(5,6)7)14-26(8)21(28)29-22(2,3)4/h11-13,17H,14-15H2,1-10H3. The maximum Gasteiger partial charge on any atom is 0.410 e. The predicted octanol–water partition coefficient (Wildman–Crippen LogP) is 6.36.